The molecule has 0 aromatic rings. The summed E-state index contributed by atoms with van der Waals surface area (Å²) in [6, 6.07) is 0. The summed E-state index contributed by atoms with van der Waals surface area (Å²) in [4.78, 5) is 0. The zero-order valence-electron chi connectivity index (χ0n) is 5.83. The Hall–Kier alpha value is -1.18. The Balaban J connectivity index is 2.90. The molecule has 0 heterocycles. The molecule has 0 bridgehead atoms. The molecule has 2 N–H and O–H groups in total. The van der Waals surface area contributed by atoms with Crippen LogP contribution in [0.1, 0.15) is 13.3 Å². The molecule has 0 spiro atoms. The predicted molar refractivity (Wildman–Crippen MR) is 39.8 cm³/mol. The van der Waals surface area contributed by atoms with Gasteiger partial charge in [-0.15, -0.1) is 0 Å². The van der Waals surface area contributed by atoms with Crippen LogP contribution in [0, 0.1) is 0 Å². The van der Waals surface area contributed by atoms with Crippen molar-refractivity contribution in [3.8, 4) is 0 Å². The van der Waals surface area contributed by atoms with Crippen LogP contribution in [-0.2, 0) is 0 Å². The molecule has 1 rings (SSSR count). The minimum absolute atomic E-state index is 0.0342. The highest BCUT2D eigenvalue weighted by Crippen LogP contribution is 2.13. The quantitative estimate of drug-likeness (QED) is 0.538. The number of aliphatic hydroxyl groups excluding tert-OH is 2. The molecule has 54 valence electrons. The monoisotopic (exact) mass is 138 g/mol. The van der Waals surface area contributed by atoms with Crippen LogP contribution in [0.3, 0.4) is 0 Å². The molecule has 0 aromatic heterocycles. The second-order valence-electron chi connectivity index (χ2n) is 2.36. The number of aliphatic hydroxyl groups is 2. The first-order valence-electron chi connectivity index (χ1n) is 3.16. The summed E-state index contributed by atoms with van der Waals surface area (Å²) >= 11 is 0. The van der Waals surface area contributed by atoms with Crippen LogP contribution in [0.2, 0.25) is 0 Å². The van der Waals surface area contributed by atoms with E-state index >= 15 is 0 Å². The summed E-state index contributed by atoms with van der Waals surface area (Å²) < 4.78 is 0. The maximum Gasteiger partial charge on any atom is 0.157 e. The normalized spacial score (nSPS) is 18.7. The van der Waals surface area contributed by atoms with E-state index in [1.165, 1.54) is 6.08 Å². The van der Waals surface area contributed by atoms with Crippen LogP contribution in [0.5, 0.6) is 0 Å². The summed E-state index contributed by atoms with van der Waals surface area (Å²) in [5, 5.41) is 18.0. The van der Waals surface area contributed by atoms with Crippen LogP contribution < -0.4 is 0 Å². The SMILES string of the molecule is CC1=CC=C(O)C(O)=CC1. The van der Waals surface area contributed by atoms with E-state index < -0.39 is 0 Å². The Morgan fingerprint density at radius 1 is 1.20 bits per heavy atom. The molecule has 10 heavy (non-hydrogen) atoms. The lowest BCUT2D eigenvalue weighted by Gasteiger charge is -1.93. The van der Waals surface area contributed by atoms with Gasteiger partial charge in [0.25, 0.3) is 0 Å². The van der Waals surface area contributed by atoms with Gasteiger partial charge in [0.05, 0.1) is 0 Å². The third-order valence-electron chi connectivity index (χ3n) is 1.41. The van der Waals surface area contributed by atoms with E-state index in [0.29, 0.717) is 6.42 Å². The fraction of sp³-hybridized carbons (Fsp3) is 0.250. The average Bonchev–Trinajstić information content (AvgIpc) is 2.04. The van der Waals surface area contributed by atoms with E-state index in [1.54, 1.807) is 12.2 Å². The zero-order valence-corrected chi connectivity index (χ0v) is 5.83. The smallest absolute Gasteiger partial charge is 0.157 e. The van der Waals surface area contributed by atoms with Crippen molar-refractivity contribution in [2.75, 3.05) is 0 Å². The van der Waals surface area contributed by atoms with Crippen LogP contribution in [0.15, 0.2) is 35.3 Å². The van der Waals surface area contributed by atoms with Crippen LogP contribution in [0.25, 0.3) is 0 Å². The Kier molecular flexibility index (Phi) is 1.81. The second kappa shape index (κ2) is 2.60. The Morgan fingerprint density at radius 2 is 1.90 bits per heavy atom. The van der Waals surface area contributed by atoms with Gasteiger partial charge in [-0.05, 0) is 25.5 Å². The van der Waals surface area contributed by atoms with Gasteiger partial charge in [-0.3, -0.25) is 0 Å². The van der Waals surface area contributed by atoms with Gasteiger partial charge in [0, 0.05) is 0 Å². The molecular weight excluding hydrogens is 128 g/mol. The Labute approximate surface area is 59.8 Å². The molecule has 0 fully saturated rings. The van der Waals surface area contributed by atoms with Crippen molar-refractivity contribution in [3.63, 3.8) is 0 Å². The molecule has 1 aliphatic rings. The van der Waals surface area contributed by atoms with E-state index in [9.17, 15) is 0 Å². The minimum Gasteiger partial charge on any atom is -0.504 e. The van der Waals surface area contributed by atoms with Crippen molar-refractivity contribution < 1.29 is 10.2 Å². The summed E-state index contributed by atoms with van der Waals surface area (Å²) in [7, 11) is 0. The average molecular weight is 138 g/mol. The van der Waals surface area contributed by atoms with Crippen molar-refractivity contribution in [3.05, 3.63) is 35.3 Å². The standard InChI is InChI=1S/C8H10O2/c1-6-2-4-7(9)8(10)5-3-6/h2,4-5,9-10H,3H2,1H3. The Morgan fingerprint density at radius 3 is 2.60 bits per heavy atom. The maximum absolute atomic E-state index is 8.98. The molecule has 0 saturated heterocycles. The van der Waals surface area contributed by atoms with E-state index in [0.717, 1.165) is 5.57 Å². The fourth-order valence-corrected chi connectivity index (χ4v) is 0.737. The molecule has 0 aliphatic heterocycles. The lowest BCUT2D eigenvalue weighted by atomic mass is 10.2. The molecule has 0 saturated carbocycles. The first-order chi connectivity index (χ1) is 4.70. The van der Waals surface area contributed by atoms with Crippen LogP contribution in [0.4, 0.5) is 0 Å². The van der Waals surface area contributed by atoms with Gasteiger partial charge in [0.1, 0.15) is 0 Å². The predicted octanol–water partition coefficient (Wildman–Crippen LogP) is 2.22. The van der Waals surface area contributed by atoms with Gasteiger partial charge in [0.15, 0.2) is 11.5 Å². The molecule has 0 radical (unpaired) electrons. The van der Waals surface area contributed by atoms with Gasteiger partial charge in [0.2, 0.25) is 0 Å². The lowest BCUT2D eigenvalue weighted by molar-refractivity contribution is 0.326. The topological polar surface area (TPSA) is 40.5 Å². The number of rotatable bonds is 0. The molecule has 0 atom stereocenters. The summed E-state index contributed by atoms with van der Waals surface area (Å²) in [6.07, 6.45) is 5.57. The summed E-state index contributed by atoms with van der Waals surface area (Å²) in [5.41, 5.74) is 1.12. The number of allylic oxidation sites excluding steroid dienone is 4. The van der Waals surface area contributed by atoms with E-state index in [2.05, 4.69) is 0 Å². The second-order valence-corrected chi connectivity index (χ2v) is 2.36. The van der Waals surface area contributed by atoms with Gasteiger partial charge in [-0.1, -0.05) is 11.6 Å². The fourth-order valence-electron chi connectivity index (χ4n) is 0.737. The third kappa shape index (κ3) is 1.41. The molecule has 0 unspecified atom stereocenters. The van der Waals surface area contributed by atoms with Crippen molar-refractivity contribution in [1.82, 2.24) is 0 Å². The first kappa shape index (κ1) is 6.93. The molecule has 0 amide bonds. The van der Waals surface area contributed by atoms with Gasteiger partial charge in [-0.2, -0.15) is 0 Å². The van der Waals surface area contributed by atoms with Gasteiger partial charge < -0.3 is 10.2 Å². The van der Waals surface area contributed by atoms with E-state index in [-0.39, 0.29) is 11.5 Å². The number of hydrogen-bond donors (Lipinski definition) is 2. The van der Waals surface area contributed by atoms with E-state index in [4.69, 9.17) is 10.2 Å². The Bertz CT molecular complexity index is 221. The molecule has 2 nitrogen and oxygen atoms in total. The zero-order chi connectivity index (χ0) is 7.56. The third-order valence-corrected chi connectivity index (χ3v) is 1.41. The van der Waals surface area contributed by atoms with Crippen LogP contribution in [-0.4, -0.2) is 10.2 Å². The molecule has 1 aliphatic carbocycles. The minimum atomic E-state index is -0.0585. The summed E-state index contributed by atoms with van der Waals surface area (Å²) in [5.74, 6) is -0.0926. The molecule has 2 heteroatoms. The van der Waals surface area contributed by atoms with E-state index in [1.807, 2.05) is 6.92 Å². The van der Waals surface area contributed by atoms with Crippen LogP contribution >= 0.6 is 0 Å². The summed E-state index contributed by atoms with van der Waals surface area (Å²) in [6.45, 7) is 1.94. The molecule has 0 aromatic carbocycles. The maximum atomic E-state index is 8.98. The number of hydrogen-bond acceptors (Lipinski definition) is 2. The van der Waals surface area contributed by atoms with Crippen molar-refractivity contribution in [1.29, 1.82) is 0 Å². The molecular formula is C8H10O2. The van der Waals surface area contributed by atoms with Gasteiger partial charge >= 0.3 is 0 Å². The highest BCUT2D eigenvalue weighted by atomic mass is 16.3. The van der Waals surface area contributed by atoms with Gasteiger partial charge in [-0.25, -0.2) is 0 Å². The van der Waals surface area contributed by atoms with Crippen molar-refractivity contribution in [2.24, 2.45) is 0 Å². The highest BCUT2D eigenvalue weighted by Gasteiger charge is 2.01. The first-order valence-corrected chi connectivity index (χ1v) is 3.16. The lowest BCUT2D eigenvalue weighted by Crippen LogP contribution is -1.83. The highest BCUT2D eigenvalue weighted by molar-refractivity contribution is 5.29. The largest absolute Gasteiger partial charge is 0.504 e. The van der Waals surface area contributed by atoms with Crippen molar-refractivity contribution >= 4 is 0 Å². The van der Waals surface area contributed by atoms with Crippen molar-refractivity contribution in [2.45, 2.75) is 13.3 Å².